The lowest BCUT2D eigenvalue weighted by Crippen LogP contribution is -2.21. The first-order valence-corrected chi connectivity index (χ1v) is 6.40. The van der Waals surface area contributed by atoms with Crippen molar-refractivity contribution in [1.29, 1.82) is 0 Å². The van der Waals surface area contributed by atoms with Crippen LogP contribution in [0, 0.1) is 20.2 Å². The van der Waals surface area contributed by atoms with Gasteiger partial charge in [-0.2, -0.15) is 13.2 Å². The van der Waals surface area contributed by atoms with Gasteiger partial charge in [-0.1, -0.05) is 0 Å². The molecule has 0 heterocycles. The first kappa shape index (κ1) is 19.1. The number of esters is 1. The highest BCUT2D eigenvalue weighted by Gasteiger charge is 2.37. The number of alkyl halides is 3. The first-order chi connectivity index (χ1) is 10.9. The number of nitrogens with one attached hydrogen (secondary N) is 1. The second kappa shape index (κ2) is 7.10. The van der Waals surface area contributed by atoms with Crippen LogP contribution >= 0.6 is 0 Å². The SMILES string of the molecule is CC(C)OC(=O)CNc1c([N+](=O)[O-])cc(C(F)(F)F)cc1[N+](=O)[O-]. The molecule has 1 aromatic rings. The second-order valence-electron chi connectivity index (χ2n) is 4.79. The summed E-state index contributed by atoms with van der Waals surface area (Å²) in [6.07, 6.45) is -5.51. The lowest BCUT2D eigenvalue weighted by molar-refractivity contribution is -0.392. The average molecular weight is 351 g/mol. The summed E-state index contributed by atoms with van der Waals surface area (Å²) in [5, 5.41) is 24.0. The van der Waals surface area contributed by atoms with Crippen LogP contribution in [0.2, 0.25) is 0 Å². The van der Waals surface area contributed by atoms with Crippen molar-refractivity contribution in [2.45, 2.75) is 26.1 Å². The summed E-state index contributed by atoms with van der Waals surface area (Å²) in [6, 6.07) is 0.312. The van der Waals surface area contributed by atoms with E-state index in [0.29, 0.717) is 0 Å². The number of ether oxygens (including phenoxy) is 1. The topological polar surface area (TPSA) is 125 Å². The molecule has 0 aliphatic rings. The van der Waals surface area contributed by atoms with Crippen molar-refractivity contribution in [2.24, 2.45) is 0 Å². The van der Waals surface area contributed by atoms with Crippen molar-refractivity contribution < 1.29 is 32.5 Å². The van der Waals surface area contributed by atoms with E-state index in [2.05, 4.69) is 5.32 Å². The molecule has 0 bridgehead atoms. The van der Waals surface area contributed by atoms with Crippen molar-refractivity contribution in [3.05, 3.63) is 37.9 Å². The van der Waals surface area contributed by atoms with Gasteiger partial charge in [-0.15, -0.1) is 0 Å². The Bertz CT molecular complexity index is 639. The molecule has 0 aliphatic heterocycles. The molecule has 9 nitrogen and oxygen atoms in total. The van der Waals surface area contributed by atoms with E-state index in [9.17, 15) is 38.2 Å². The molecule has 132 valence electrons. The van der Waals surface area contributed by atoms with Crippen molar-refractivity contribution >= 4 is 23.0 Å². The maximum Gasteiger partial charge on any atom is 0.416 e. The molecule has 0 saturated carbocycles. The normalized spacial score (nSPS) is 11.2. The number of rotatable bonds is 6. The zero-order chi connectivity index (χ0) is 18.7. The van der Waals surface area contributed by atoms with Crippen molar-refractivity contribution in [2.75, 3.05) is 11.9 Å². The minimum atomic E-state index is -5.01. The second-order valence-corrected chi connectivity index (χ2v) is 4.79. The molecule has 1 N–H and O–H groups in total. The number of benzene rings is 1. The fourth-order valence-electron chi connectivity index (χ4n) is 1.71. The van der Waals surface area contributed by atoms with E-state index in [1.807, 2.05) is 0 Å². The van der Waals surface area contributed by atoms with Gasteiger partial charge in [-0.05, 0) is 13.8 Å². The van der Waals surface area contributed by atoms with Gasteiger partial charge in [0.05, 0.1) is 21.5 Å². The summed E-state index contributed by atoms with van der Waals surface area (Å²) < 4.78 is 42.9. The van der Waals surface area contributed by atoms with E-state index in [4.69, 9.17) is 4.74 Å². The molecule has 1 aromatic carbocycles. The van der Waals surface area contributed by atoms with Gasteiger partial charge in [0.1, 0.15) is 6.54 Å². The summed E-state index contributed by atoms with van der Waals surface area (Å²) in [5.74, 6) is -0.881. The number of hydrogen-bond acceptors (Lipinski definition) is 7. The van der Waals surface area contributed by atoms with Crippen LogP contribution in [0.1, 0.15) is 19.4 Å². The van der Waals surface area contributed by atoms with Gasteiger partial charge in [0, 0.05) is 12.1 Å². The highest BCUT2D eigenvalue weighted by atomic mass is 19.4. The van der Waals surface area contributed by atoms with E-state index in [1.54, 1.807) is 0 Å². The number of hydrogen-bond donors (Lipinski definition) is 1. The number of nitrogens with zero attached hydrogens (tertiary/aromatic N) is 2. The van der Waals surface area contributed by atoms with E-state index in [-0.39, 0.29) is 12.1 Å². The van der Waals surface area contributed by atoms with Crippen LogP contribution in [-0.4, -0.2) is 28.5 Å². The summed E-state index contributed by atoms with van der Waals surface area (Å²) in [5.41, 5.74) is -4.70. The number of anilines is 1. The Labute approximate surface area is 132 Å². The predicted octanol–water partition coefficient (Wildman–Crippen LogP) is 2.89. The van der Waals surface area contributed by atoms with Gasteiger partial charge in [0.2, 0.25) is 0 Å². The molecule has 0 spiro atoms. The van der Waals surface area contributed by atoms with Crippen LogP contribution in [0.5, 0.6) is 0 Å². The molecule has 12 heteroatoms. The van der Waals surface area contributed by atoms with Gasteiger partial charge in [0.15, 0.2) is 5.69 Å². The Morgan fingerprint density at radius 1 is 1.21 bits per heavy atom. The zero-order valence-electron chi connectivity index (χ0n) is 12.4. The third-order valence-electron chi connectivity index (χ3n) is 2.59. The van der Waals surface area contributed by atoms with Crippen LogP contribution < -0.4 is 5.32 Å². The quantitative estimate of drug-likeness (QED) is 0.474. The number of carbonyl (C=O) groups is 1. The maximum absolute atomic E-state index is 12.7. The largest absolute Gasteiger partial charge is 0.462 e. The third kappa shape index (κ3) is 4.79. The van der Waals surface area contributed by atoms with Crippen molar-refractivity contribution in [3.63, 3.8) is 0 Å². The Hall–Kier alpha value is -2.92. The van der Waals surface area contributed by atoms with Gasteiger partial charge < -0.3 is 10.1 Å². The Balaban J connectivity index is 3.33. The first-order valence-electron chi connectivity index (χ1n) is 6.40. The minimum absolute atomic E-state index is 0.156. The van der Waals surface area contributed by atoms with E-state index < -0.39 is 57.3 Å². The van der Waals surface area contributed by atoms with Crippen LogP contribution in [0.4, 0.5) is 30.2 Å². The van der Waals surface area contributed by atoms with E-state index in [0.717, 1.165) is 0 Å². The molecule has 0 amide bonds. The van der Waals surface area contributed by atoms with Crippen molar-refractivity contribution in [3.8, 4) is 0 Å². The Kier molecular flexibility index (Phi) is 5.66. The number of halogens is 3. The molecule has 0 unspecified atom stereocenters. The maximum atomic E-state index is 12.7. The van der Waals surface area contributed by atoms with Gasteiger partial charge in [0.25, 0.3) is 11.4 Å². The van der Waals surface area contributed by atoms with Crippen molar-refractivity contribution in [1.82, 2.24) is 0 Å². The molecule has 0 atom stereocenters. The summed E-state index contributed by atoms with van der Waals surface area (Å²) >= 11 is 0. The standard InChI is InChI=1S/C12H12F3N3O6/c1-6(2)24-10(19)5-16-11-8(17(20)21)3-7(12(13,14)15)4-9(11)18(22)23/h3-4,6,16H,5H2,1-2H3. The predicted molar refractivity (Wildman–Crippen MR) is 74.5 cm³/mol. The monoisotopic (exact) mass is 351 g/mol. The van der Waals surface area contributed by atoms with Gasteiger partial charge >= 0.3 is 12.1 Å². The molecule has 0 aliphatic carbocycles. The Morgan fingerprint density at radius 2 is 1.67 bits per heavy atom. The van der Waals surface area contributed by atoms with E-state index >= 15 is 0 Å². The molecule has 0 fully saturated rings. The molecule has 0 radical (unpaired) electrons. The van der Waals surface area contributed by atoms with Gasteiger partial charge in [-0.3, -0.25) is 25.0 Å². The van der Waals surface area contributed by atoms with Crippen LogP contribution in [-0.2, 0) is 15.7 Å². The Morgan fingerprint density at radius 3 is 2.00 bits per heavy atom. The van der Waals surface area contributed by atoms with Crippen LogP contribution in [0.3, 0.4) is 0 Å². The molecule has 0 aromatic heterocycles. The summed E-state index contributed by atoms with van der Waals surface area (Å²) in [7, 11) is 0. The lowest BCUT2D eigenvalue weighted by atomic mass is 10.1. The van der Waals surface area contributed by atoms with E-state index in [1.165, 1.54) is 13.8 Å². The number of nitro benzene ring substituents is 2. The zero-order valence-corrected chi connectivity index (χ0v) is 12.4. The smallest absolute Gasteiger partial charge is 0.416 e. The highest BCUT2D eigenvalue weighted by molar-refractivity contribution is 5.81. The highest BCUT2D eigenvalue weighted by Crippen LogP contribution is 2.41. The number of nitro groups is 2. The third-order valence-corrected chi connectivity index (χ3v) is 2.59. The average Bonchev–Trinajstić information content (AvgIpc) is 2.42. The lowest BCUT2D eigenvalue weighted by Gasteiger charge is -2.12. The summed E-state index contributed by atoms with van der Waals surface area (Å²) in [6.45, 7) is 2.37. The van der Waals surface area contributed by atoms with Crippen LogP contribution in [0.25, 0.3) is 0 Å². The minimum Gasteiger partial charge on any atom is -0.462 e. The summed E-state index contributed by atoms with van der Waals surface area (Å²) in [4.78, 5) is 30.9. The fourth-order valence-corrected chi connectivity index (χ4v) is 1.71. The molecular weight excluding hydrogens is 339 g/mol. The fraction of sp³-hybridized carbons (Fsp3) is 0.417. The molecule has 0 saturated heterocycles. The number of carbonyl (C=O) groups excluding carboxylic acids is 1. The van der Waals surface area contributed by atoms with Crippen LogP contribution in [0.15, 0.2) is 12.1 Å². The molecule has 1 rings (SSSR count). The van der Waals surface area contributed by atoms with Gasteiger partial charge in [-0.25, -0.2) is 0 Å². The molecular formula is C12H12F3N3O6. The molecule has 24 heavy (non-hydrogen) atoms.